The number of nitrogens with zero attached hydrogens (tertiary/aromatic N) is 3. The van der Waals surface area contributed by atoms with E-state index in [9.17, 15) is 19.1 Å². The number of likely N-dealkylation sites (N-methyl/N-ethyl adjacent to an activating group) is 1. The number of benzene rings is 1. The lowest BCUT2D eigenvalue weighted by atomic mass is 9.99. The minimum Gasteiger partial charge on any atom is -0.472 e. The van der Waals surface area contributed by atoms with Gasteiger partial charge in [-0.25, -0.2) is 9.37 Å². The number of aliphatic hydroxyl groups excluding tert-OH is 1. The highest BCUT2D eigenvalue weighted by Crippen LogP contribution is 2.31. The Balaban J connectivity index is 2.07. The molecule has 0 spiro atoms. The predicted molar refractivity (Wildman–Crippen MR) is 114 cm³/mol. The lowest BCUT2D eigenvalue weighted by molar-refractivity contribution is -0.129. The highest BCUT2D eigenvalue weighted by molar-refractivity contribution is 5.98. The summed E-state index contributed by atoms with van der Waals surface area (Å²) in [5, 5.41) is 9.71. The summed E-state index contributed by atoms with van der Waals surface area (Å²) in [4.78, 5) is 32.6. The van der Waals surface area contributed by atoms with Crippen molar-refractivity contribution in [3.63, 3.8) is 0 Å². The van der Waals surface area contributed by atoms with Crippen molar-refractivity contribution < 1.29 is 23.8 Å². The Morgan fingerprint density at radius 3 is 2.74 bits per heavy atom. The molecule has 1 aromatic heterocycles. The van der Waals surface area contributed by atoms with E-state index >= 15 is 0 Å². The summed E-state index contributed by atoms with van der Waals surface area (Å²) < 4.78 is 20.4. The van der Waals surface area contributed by atoms with E-state index in [2.05, 4.69) is 4.98 Å². The Bertz CT molecular complexity index is 968. The lowest BCUT2D eigenvalue weighted by Crippen LogP contribution is -2.50. The summed E-state index contributed by atoms with van der Waals surface area (Å²) in [5.41, 5.74) is 0.982. The van der Waals surface area contributed by atoms with Crippen molar-refractivity contribution in [2.45, 2.75) is 32.9 Å². The van der Waals surface area contributed by atoms with Gasteiger partial charge in [-0.3, -0.25) is 9.59 Å². The summed E-state index contributed by atoms with van der Waals surface area (Å²) in [7, 11) is 1.69. The maximum Gasteiger partial charge on any atom is 0.259 e. The van der Waals surface area contributed by atoms with Gasteiger partial charge < -0.3 is 19.6 Å². The molecule has 7 nitrogen and oxygen atoms in total. The van der Waals surface area contributed by atoms with Crippen LogP contribution in [0, 0.1) is 11.7 Å². The van der Waals surface area contributed by atoms with Crippen molar-refractivity contribution in [3.8, 4) is 17.0 Å². The summed E-state index contributed by atoms with van der Waals surface area (Å²) in [6, 6.07) is 7.42. The molecule has 0 bridgehead atoms. The number of carbonyl (C=O) groups excluding carboxylic acids is 2. The minimum atomic E-state index is -0.427. The standard InChI is InChI=1S/C23H28FN3O4/c1-14-11-27(15(2)13-28)23(30)19-9-17(18-7-5-6-8-20(18)24)10-25-22(19)31-21(14)12-26(4)16(3)29/h5-10,14-15,21,28H,11-13H2,1-4H3/t14-,15-,21+/m0/s1. The maximum atomic E-state index is 14.3. The first-order chi connectivity index (χ1) is 14.7. The number of amides is 2. The van der Waals surface area contributed by atoms with Crippen molar-refractivity contribution in [2.24, 2.45) is 5.92 Å². The molecular weight excluding hydrogens is 401 g/mol. The fourth-order valence-electron chi connectivity index (χ4n) is 3.56. The molecule has 2 amide bonds. The van der Waals surface area contributed by atoms with Crippen LogP contribution in [-0.2, 0) is 4.79 Å². The van der Waals surface area contributed by atoms with Crippen LogP contribution < -0.4 is 4.74 Å². The molecule has 0 saturated carbocycles. The second-order valence-electron chi connectivity index (χ2n) is 8.08. The molecule has 166 valence electrons. The molecule has 1 aromatic carbocycles. The van der Waals surface area contributed by atoms with Gasteiger partial charge in [-0.2, -0.15) is 0 Å². The summed E-state index contributed by atoms with van der Waals surface area (Å²) >= 11 is 0. The van der Waals surface area contributed by atoms with E-state index in [0.717, 1.165) is 0 Å². The first kappa shape index (κ1) is 22.7. The molecular formula is C23H28FN3O4. The fraction of sp³-hybridized carbons (Fsp3) is 0.435. The molecule has 0 unspecified atom stereocenters. The van der Waals surface area contributed by atoms with Crippen molar-refractivity contribution in [2.75, 3.05) is 26.7 Å². The summed E-state index contributed by atoms with van der Waals surface area (Å²) in [5.74, 6) is -0.849. The molecule has 0 radical (unpaired) electrons. The number of carbonyl (C=O) groups is 2. The Labute approximate surface area is 181 Å². The van der Waals surface area contributed by atoms with Gasteiger partial charge in [0.2, 0.25) is 11.8 Å². The molecule has 3 atom stereocenters. The summed E-state index contributed by atoms with van der Waals surface area (Å²) in [6.45, 7) is 5.62. The van der Waals surface area contributed by atoms with Gasteiger partial charge in [0.15, 0.2) is 0 Å². The average molecular weight is 429 g/mol. The van der Waals surface area contributed by atoms with E-state index in [1.165, 1.54) is 19.2 Å². The predicted octanol–water partition coefficient (Wildman–Crippen LogP) is 2.59. The maximum absolute atomic E-state index is 14.3. The van der Waals surface area contributed by atoms with Gasteiger partial charge >= 0.3 is 0 Å². The van der Waals surface area contributed by atoms with E-state index in [4.69, 9.17) is 4.74 Å². The van der Waals surface area contributed by atoms with Crippen LogP contribution in [0.15, 0.2) is 36.5 Å². The number of hydrogen-bond acceptors (Lipinski definition) is 5. The van der Waals surface area contributed by atoms with Gasteiger partial charge in [0.25, 0.3) is 5.91 Å². The van der Waals surface area contributed by atoms with E-state index in [1.807, 2.05) is 6.92 Å². The van der Waals surface area contributed by atoms with Crippen LogP contribution in [0.25, 0.3) is 11.1 Å². The van der Waals surface area contributed by atoms with Crippen molar-refractivity contribution in [1.29, 1.82) is 0 Å². The van der Waals surface area contributed by atoms with Gasteiger partial charge in [-0.1, -0.05) is 25.1 Å². The van der Waals surface area contributed by atoms with E-state index in [1.54, 1.807) is 48.0 Å². The molecule has 1 N–H and O–H groups in total. The smallest absolute Gasteiger partial charge is 0.259 e. The monoisotopic (exact) mass is 429 g/mol. The van der Waals surface area contributed by atoms with Crippen LogP contribution in [0.5, 0.6) is 5.88 Å². The highest BCUT2D eigenvalue weighted by Gasteiger charge is 2.34. The van der Waals surface area contributed by atoms with Crippen LogP contribution in [0.4, 0.5) is 4.39 Å². The van der Waals surface area contributed by atoms with Crippen molar-refractivity contribution >= 4 is 11.8 Å². The third-order valence-corrected chi connectivity index (χ3v) is 5.70. The van der Waals surface area contributed by atoms with Crippen molar-refractivity contribution in [1.82, 2.24) is 14.8 Å². The number of aliphatic hydroxyl groups is 1. The van der Waals surface area contributed by atoms with Gasteiger partial charge in [-0.15, -0.1) is 0 Å². The molecule has 0 fully saturated rings. The lowest BCUT2D eigenvalue weighted by Gasteiger charge is -2.37. The Hall–Kier alpha value is -3.00. The number of halogens is 1. The molecule has 2 aromatic rings. The van der Waals surface area contributed by atoms with Crippen LogP contribution in [-0.4, -0.2) is 70.6 Å². The van der Waals surface area contributed by atoms with Crippen molar-refractivity contribution in [3.05, 3.63) is 47.9 Å². The Morgan fingerprint density at radius 1 is 1.39 bits per heavy atom. The van der Waals surface area contributed by atoms with Gasteiger partial charge in [0, 0.05) is 43.8 Å². The van der Waals surface area contributed by atoms with Crippen LogP contribution in [0.3, 0.4) is 0 Å². The first-order valence-corrected chi connectivity index (χ1v) is 10.3. The average Bonchev–Trinajstić information content (AvgIpc) is 2.75. The molecule has 8 heteroatoms. The molecule has 1 aliphatic rings. The first-order valence-electron chi connectivity index (χ1n) is 10.3. The third kappa shape index (κ3) is 4.85. The molecule has 3 rings (SSSR count). The topological polar surface area (TPSA) is 83.0 Å². The van der Waals surface area contributed by atoms with Crippen LogP contribution in [0.2, 0.25) is 0 Å². The van der Waals surface area contributed by atoms with Gasteiger partial charge in [0.05, 0.1) is 19.2 Å². The minimum absolute atomic E-state index is 0.0994. The van der Waals surface area contributed by atoms with Crippen LogP contribution >= 0.6 is 0 Å². The second-order valence-corrected chi connectivity index (χ2v) is 8.08. The molecule has 1 aliphatic heterocycles. The number of pyridine rings is 1. The summed E-state index contributed by atoms with van der Waals surface area (Å²) in [6.07, 6.45) is 1.06. The van der Waals surface area contributed by atoms with Gasteiger partial charge in [-0.05, 0) is 19.1 Å². The van der Waals surface area contributed by atoms with Crippen LogP contribution in [0.1, 0.15) is 31.1 Å². The largest absolute Gasteiger partial charge is 0.472 e. The zero-order valence-electron chi connectivity index (χ0n) is 18.2. The normalized spacial score (nSPS) is 19.7. The van der Waals surface area contributed by atoms with Gasteiger partial charge in [0.1, 0.15) is 17.5 Å². The fourth-order valence-corrected chi connectivity index (χ4v) is 3.56. The zero-order valence-corrected chi connectivity index (χ0v) is 18.2. The third-order valence-electron chi connectivity index (χ3n) is 5.70. The molecule has 2 heterocycles. The molecule has 0 aliphatic carbocycles. The quantitative estimate of drug-likeness (QED) is 0.790. The highest BCUT2D eigenvalue weighted by atomic mass is 19.1. The number of ether oxygens (including phenoxy) is 1. The van der Waals surface area contributed by atoms with E-state index in [-0.39, 0.29) is 35.8 Å². The zero-order chi connectivity index (χ0) is 22.7. The number of hydrogen-bond donors (Lipinski definition) is 1. The Kier molecular flexibility index (Phi) is 6.90. The SMILES string of the molecule is CC(=O)N(C)C[C@H]1Oc2ncc(-c3ccccc3F)cc2C(=O)N([C@@H](C)CO)C[C@@H]1C. The molecule has 0 saturated heterocycles. The van der Waals surface area contributed by atoms with E-state index < -0.39 is 18.0 Å². The number of aromatic nitrogens is 1. The number of fused-ring (bicyclic) bond motifs is 1. The van der Waals surface area contributed by atoms with E-state index in [0.29, 0.717) is 24.2 Å². The number of rotatable bonds is 5. The molecule has 31 heavy (non-hydrogen) atoms. The Morgan fingerprint density at radius 2 is 2.10 bits per heavy atom. The second kappa shape index (κ2) is 9.43.